The molecule has 1 N–H and O–H groups in total. The zero-order valence-corrected chi connectivity index (χ0v) is 19.4. The number of carbonyl (C=O) groups is 2. The first-order valence-corrected chi connectivity index (χ1v) is 11.6. The van der Waals surface area contributed by atoms with Crippen molar-refractivity contribution < 1.29 is 14.7 Å². The van der Waals surface area contributed by atoms with Gasteiger partial charge in [-0.05, 0) is 42.0 Å². The summed E-state index contributed by atoms with van der Waals surface area (Å²) in [5.74, 6) is -1.72. The summed E-state index contributed by atoms with van der Waals surface area (Å²) < 4.78 is 0. The van der Waals surface area contributed by atoms with Crippen molar-refractivity contribution in [2.75, 3.05) is 42.5 Å². The van der Waals surface area contributed by atoms with Gasteiger partial charge < -0.3 is 19.8 Å². The van der Waals surface area contributed by atoms with E-state index in [-0.39, 0.29) is 12.5 Å². The van der Waals surface area contributed by atoms with Crippen LogP contribution in [0.25, 0.3) is 0 Å². The SMILES string of the molecule is CC(CN(Cc1ccccc1)C(=O)c1ccc(N2CCN(c3ccncc3)CC2)cc1)C(=O)O. The van der Waals surface area contributed by atoms with Gasteiger partial charge in [0.25, 0.3) is 5.91 Å². The van der Waals surface area contributed by atoms with Crippen LogP contribution in [0.3, 0.4) is 0 Å². The van der Waals surface area contributed by atoms with Crippen molar-refractivity contribution in [3.05, 3.63) is 90.3 Å². The third kappa shape index (κ3) is 5.73. The van der Waals surface area contributed by atoms with Gasteiger partial charge >= 0.3 is 5.97 Å². The molecule has 1 amide bonds. The molecule has 1 atom stereocenters. The summed E-state index contributed by atoms with van der Waals surface area (Å²) >= 11 is 0. The minimum atomic E-state index is -0.910. The van der Waals surface area contributed by atoms with E-state index in [1.54, 1.807) is 11.8 Å². The molecule has 1 saturated heterocycles. The summed E-state index contributed by atoms with van der Waals surface area (Å²) in [6.45, 7) is 5.78. The lowest BCUT2D eigenvalue weighted by Crippen LogP contribution is -2.46. The molecule has 34 heavy (non-hydrogen) atoms. The second kappa shape index (κ2) is 10.8. The van der Waals surface area contributed by atoms with E-state index in [2.05, 4.69) is 14.8 Å². The van der Waals surface area contributed by atoms with E-state index in [9.17, 15) is 14.7 Å². The highest BCUT2D eigenvalue weighted by atomic mass is 16.4. The van der Waals surface area contributed by atoms with E-state index in [0.29, 0.717) is 12.1 Å². The number of carboxylic acid groups (broad SMARTS) is 1. The Morgan fingerprint density at radius 2 is 1.44 bits per heavy atom. The molecule has 2 heterocycles. The summed E-state index contributed by atoms with van der Waals surface area (Å²) in [5.41, 5.74) is 3.80. The number of aliphatic carboxylic acids is 1. The van der Waals surface area contributed by atoms with Crippen LogP contribution in [0.2, 0.25) is 0 Å². The molecule has 176 valence electrons. The molecule has 4 rings (SSSR count). The van der Waals surface area contributed by atoms with Crippen LogP contribution in [0.4, 0.5) is 11.4 Å². The number of pyridine rings is 1. The minimum absolute atomic E-state index is 0.155. The second-order valence-electron chi connectivity index (χ2n) is 8.64. The largest absolute Gasteiger partial charge is 0.481 e. The van der Waals surface area contributed by atoms with Crippen molar-refractivity contribution in [2.45, 2.75) is 13.5 Å². The third-order valence-corrected chi connectivity index (χ3v) is 6.21. The molecular weight excluding hydrogens is 428 g/mol. The smallest absolute Gasteiger partial charge is 0.308 e. The number of piperazine rings is 1. The van der Waals surface area contributed by atoms with Gasteiger partial charge in [0.1, 0.15) is 0 Å². The molecule has 1 unspecified atom stereocenters. The number of anilines is 2. The highest BCUT2D eigenvalue weighted by molar-refractivity contribution is 5.94. The van der Waals surface area contributed by atoms with Crippen molar-refractivity contribution in [1.29, 1.82) is 0 Å². The number of carboxylic acids is 1. The fraction of sp³-hybridized carbons (Fsp3) is 0.296. The molecule has 0 radical (unpaired) electrons. The molecule has 0 spiro atoms. The number of amides is 1. The highest BCUT2D eigenvalue weighted by Gasteiger charge is 2.23. The van der Waals surface area contributed by atoms with E-state index in [1.807, 2.05) is 79.1 Å². The van der Waals surface area contributed by atoms with Crippen LogP contribution in [0.5, 0.6) is 0 Å². The standard InChI is InChI=1S/C27H30N4O3/c1-21(27(33)34)19-31(20-22-5-3-2-4-6-22)26(32)23-7-9-24(10-8-23)29-15-17-30(18-16-29)25-11-13-28-14-12-25/h2-14,21H,15-20H2,1H3,(H,33,34). The van der Waals surface area contributed by atoms with Crippen LogP contribution in [-0.2, 0) is 11.3 Å². The average Bonchev–Trinajstić information content (AvgIpc) is 2.89. The first-order valence-electron chi connectivity index (χ1n) is 11.6. The Morgan fingerprint density at radius 1 is 0.882 bits per heavy atom. The maximum absolute atomic E-state index is 13.3. The fourth-order valence-electron chi connectivity index (χ4n) is 4.21. The van der Waals surface area contributed by atoms with Crippen molar-refractivity contribution in [3.63, 3.8) is 0 Å². The van der Waals surface area contributed by atoms with Crippen LogP contribution >= 0.6 is 0 Å². The Labute approximate surface area is 200 Å². The lowest BCUT2D eigenvalue weighted by molar-refractivity contribution is -0.141. The molecule has 0 saturated carbocycles. The topological polar surface area (TPSA) is 77.0 Å². The van der Waals surface area contributed by atoms with Crippen molar-refractivity contribution in [3.8, 4) is 0 Å². The van der Waals surface area contributed by atoms with E-state index in [4.69, 9.17) is 0 Å². The van der Waals surface area contributed by atoms with Crippen LogP contribution in [0.1, 0.15) is 22.8 Å². The summed E-state index contributed by atoms with van der Waals surface area (Å²) in [5, 5.41) is 9.37. The predicted molar refractivity (Wildman–Crippen MR) is 133 cm³/mol. The lowest BCUT2D eigenvalue weighted by atomic mass is 10.1. The molecule has 1 fully saturated rings. The lowest BCUT2D eigenvalue weighted by Gasteiger charge is -2.37. The van der Waals surface area contributed by atoms with Crippen molar-refractivity contribution >= 4 is 23.3 Å². The van der Waals surface area contributed by atoms with E-state index < -0.39 is 11.9 Å². The summed E-state index contributed by atoms with van der Waals surface area (Å²) in [7, 11) is 0. The number of hydrogen-bond acceptors (Lipinski definition) is 5. The van der Waals surface area contributed by atoms with E-state index >= 15 is 0 Å². The van der Waals surface area contributed by atoms with Gasteiger partial charge in [0, 0.05) is 68.6 Å². The van der Waals surface area contributed by atoms with Crippen LogP contribution in [0, 0.1) is 5.92 Å². The van der Waals surface area contributed by atoms with Crippen LogP contribution < -0.4 is 9.80 Å². The summed E-state index contributed by atoms with van der Waals surface area (Å²) in [4.78, 5) is 35.1. The fourth-order valence-corrected chi connectivity index (χ4v) is 4.21. The second-order valence-corrected chi connectivity index (χ2v) is 8.64. The van der Waals surface area contributed by atoms with Gasteiger partial charge in [0.05, 0.1) is 5.92 Å². The number of hydrogen-bond donors (Lipinski definition) is 1. The van der Waals surface area contributed by atoms with Gasteiger partial charge in [0.2, 0.25) is 0 Å². The number of rotatable bonds is 8. The Balaban J connectivity index is 1.42. The van der Waals surface area contributed by atoms with E-state index in [1.165, 1.54) is 5.69 Å². The Hall–Kier alpha value is -3.87. The zero-order valence-electron chi connectivity index (χ0n) is 19.4. The quantitative estimate of drug-likeness (QED) is 0.554. The van der Waals surface area contributed by atoms with Crippen LogP contribution in [0.15, 0.2) is 79.1 Å². The monoisotopic (exact) mass is 458 g/mol. The number of aromatic nitrogens is 1. The summed E-state index contributed by atoms with van der Waals surface area (Å²) in [6, 6.07) is 21.4. The molecule has 7 heteroatoms. The molecule has 3 aromatic rings. The average molecular weight is 459 g/mol. The van der Waals surface area contributed by atoms with Crippen molar-refractivity contribution in [2.24, 2.45) is 5.92 Å². The maximum atomic E-state index is 13.3. The Morgan fingerprint density at radius 3 is 2.00 bits per heavy atom. The Bertz CT molecular complexity index is 1080. The maximum Gasteiger partial charge on any atom is 0.308 e. The number of benzene rings is 2. The molecule has 2 aromatic carbocycles. The first kappa shape index (κ1) is 23.3. The zero-order chi connectivity index (χ0) is 23.9. The number of nitrogens with zero attached hydrogens (tertiary/aromatic N) is 4. The number of carbonyl (C=O) groups excluding carboxylic acids is 1. The first-order chi connectivity index (χ1) is 16.5. The van der Waals surface area contributed by atoms with Gasteiger partial charge in [-0.25, -0.2) is 0 Å². The van der Waals surface area contributed by atoms with Gasteiger partial charge in [0.15, 0.2) is 0 Å². The van der Waals surface area contributed by atoms with E-state index in [0.717, 1.165) is 37.4 Å². The molecule has 1 aliphatic rings. The predicted octanol–water partition coefficient (Wildman–Crippen LogP) is 3.77. The van der Waals surface area contributed by atoms with Gasteiger partial charge in [-0.2, -0.15) is 0 Å². The van der Waals surface area contributed by atoms with Crippen molar-refractivity contribution in [1.82, 2.24) is 9.88 Å². The minimum Gasteiger partial charge on any atom is -0.481 e. The molecule has 1 aliphatic heterocycles. The molecule has 7 nitrogen and oxygen atoms in total. The molecule has 1 aromatic heterocycles. The third-order valence-electron chi connectivity index (χ3n) is 6.21. The summed E-state index contributed by atoms with van der Waals surface area (Å²) in [6.07, 6.45) is 3.63. The van der Waals surface area contributed by atoms with Gasteiger partial charge in [-0.3, -0.25) is 14.6 Å². The van der Waals surface area contributed by atoms with Crippen LogP contribution in [-0.4, -0.2) is 59.6 Å². The highest BCUT2D eigenvalue weighted by Crippen LogP contribution is 2.22. The molecule has 0 aliphatic carbocycles. The normalized spacial score (nSPS) is 14.5. The van der Waals surface area contributed by atoms with Gasteiger partial charge in [-0.15, -0.1) is 0 Å². The Kier molecular flexibility index (Phi) is 7.42. The van der Waals surface area contributed by atoms with Gasteiger partial charge in [-0.1, -0.05) is 37.3 Å². The molecule has 0 bridgehead atoms. The molecular formula is C27H30N4O3.